The molecule has 2 heterocycles. The van der Waals surface area contributed by atoms with E-state index in [-0.39, 0.29) is 22.7 Å². The normalized spacial score (nSPS) is 18.0. The third-order valence-electron chi connectivity index (χ3n) is 5.34. The van der Waals surface area contributed by atoms with Gasteiger partial charge in [-0.25, -0.2) is 4.79 Å². The molecule has 0 unspecified atom stereocenters. The van der Waals surface area contributed by atoms with Gasteiger partial charge in [0.05, 0.1) is 15.8 Å². The largest absolute Gasteiger partial charge is 0.477 e. The van der Waals surface area contributed by atoms with Crippen molar-refractivity contribution in [2.24, 2.45) is 0 Å². The molecule has 1 aromatic carbocycles. The smallest absolute Gasteiger partial charge is 0.341 e. The number of anilines is 1. The quantitative estimate of drug-likeness (QED) is 0.642. The van der Waals surface area contributed by atoms with Crippen molar-refractivity contribution in [2.75, 3.05) is 38.1 Å². The molecule has 1 aliphatic carbocycles. The van der Waals surface area contributed by atoms with Crippen molar-refractivity contribution in [3.63, 3.8) is 0 Å². The van der Waals surface area contributed by atoms with Crippen LogP contribution < -0.4 is 10.3 Å². The van der Waals surface area contributed by atoms with Crippen LogP contribution >= 0.6 is 0 Å². The Labute approximate surface area is 154 Å². The van der Waals surface area contributed by atoms with E-state index in [1.54, 1.807) is 10.6 Å². The highest BCUT2D eigenvalue weighted by Gasteiger charge is 2.30. The van der Waals surface area contributed by atoms with Gasteiger partial charge >= 0.3 is 5.97 Å². The van der Waals surface area contributed by atoms with Crippen LogP contribution in [0, 0.1) is 10.1 Å². The second-order valence-electron chi connectivity index (χ2n) is 7.22. The first-order valence-corrected chi connectivity index (χ1v) is 8.91. The molecule has 1 aliphatic heterocycles. The minimum atomic E-state index is -1.32. The van der Waals surface area contributed by atoms with E-state index in [2.05, 4.69) is 4.90 Å². The highest BCUT2D eigenvalue weighted by molar-refractivity contribution is 5.95. The van der Waals surface area contributed by atoms with Crippen LogP contribution in [0.3, 0.4) is 0 Å². The van der Waals surface area contributed by atoms with E-state index in [1.807, 2.05) is 11.9 Å². The molecule has 0 radical (unpaired) electrons. The molecule has 1 aromatic heterocycles. The number of rotatable bonds is 4. The fourth-order valence-corrected chi connectivity index (χ4v) is 3.63. The Kier molecular flexibility index (Phi) is 4.11. The van der Waals surface area contributed by atoms with Crippen LogP contribution in [0.2, 0.25) is 0 Å². The highest BCUT2D eigenvalue weighted by atomic mass is 16.6. The number of nitrogens with zero attached hydrogens (tertiary/aromatic N) is 4. The van der Waals surface area contributed by atoms with Crippen LogP contribution in [0.1, 0.15) is 29.2 Å². The molecule has 9 nitrogen and oxygen atoms in total. The number of fused-ring (bicyclic) bond motifs is 1. The number of aromatic carboxylic acids is 1. The lowest BCUT2D eigenvalue weighted by molar-refractivity contribution is -0.384. The van der Waals surface area contributed by atoms with Gasteiger partial charge in [-0.05, 0) is 26.0 Å². The van der Waals surface area contributed by atoms with Gasteiger partial charge in [0.15, 0.2) is 0 Å². The van der Waals surface area contributed by atoms with Gasteiger partial charge in [-0.1, -0.05) is 0 Å². The van der Waals surface area contributed by atoms with Crippen molar-refractivity contribution in [3.05, 3.63) is 44.2 Å². The molecular weight excluding hydrogens is 352 g/mol. The second kappa shape index (κ2) is 6.34. The van der Waals surface area contributed by atoms with Crippen LogP contribution in [0.5, 0.6) is 0 Å². The Morgan fingerprint density at radius 1 is 1.22 bits per heavy atom. The molecule has 142 valence electrons. The SMILES string of the molecule is CN1CCN(c2cc3c(cc2[N+](=O)[O-])c(=O)c(C(=O)O)cn3C2CC2)CC1. The molecule has 0 atom stereocenters. The van der Waals surface area contributed by atoms with Gasteiger partial charge in [-0.2, -0.15) is 0 Å². The van der Waals surface area contributed by atoms with Crippen LogP contribution in [0.25, 0.3) is 10.9 Å². The van der Waals surface area contributed by atoms with Gasteiger partial charge in [0.2, 0.25) is 5.43 Å². The summed E-state index contributed by atoms with van der Waals surface area (Å²) in [6.45, 7) is 2.90. The van der Waals surface area contributed by atoms with E-state index < -0.39 is 16.3 Å². The number of hydrogen-bond acceptors (Lipinski definition) is 6. The summed E-state index contributed by atoms with van der Waals surface area (Å²) in [5.41, 5.74) is -0.142. The Morgan fingerprint density at radius 2 is 1.89 bits per heavy atom. The lowest BCUT2D eigenvalue weighted by Gasteiger charge is -2.33. The number of carboxylic acid groups (broad SMARTS) is 1. The van der Waals surface area contributed by atoms with Crippen molar-refractivity contribution in [1.29, 1.82) is 0 Å². The maximum absolute atomic E-state index is 12.6. The van der Waals surface area contributed by atoms with E-state index >= 15 is 0 Å². The number of carbonyl (C=O) groups is 1. The standard InChI is InChI=1S/C18H20N4O5/c1-19-4-6-20(7-5-19)15-9-14-12(8-16(15)22(26)27)17(23)13(18(24)25)10-21(14)11-2-3-11/h8-11H,2-7H2,1H3,(H,24,25). The minimum absolute atomic E-state index is 0.0892. The summed E-state index contributed by atoms with van der Waals surface area (Å²) >= 11 is 0. The second-order valence-corrected chi connectivity index (χ2v) is 7.22. The number of piperazine rings is 1. The molecule has 2 aromatic rings. The van der Waals surface area contributed by atoms with Crippen molar-refractivity contribution >= 4 is 28.2 Å². The first kappa shape index (κ1) is 17.5. The van der Waals surface area contributed by atoms with Crippen LogP contribution in [-0.2, 0) is 0 Å². The molecule has 9 heteroatoms. The molecule has 2 aliphatic rings. The van der Waals surface area contributed by atoms with Gasteiger partial charge in [0, 0.05) is 44.5 Å². The number of nitro benzene ring substituents is 1. The lowest BCUT2D eigenvalue weighted by Crippen LogP contribution is -2.44. The number of hydrogen-bond donors (Lipinski definition) is 1. The maximum Gasteiger partial charge on any atom is 0.341 e. The lowest BCUT2D eigenvalue weighted by atomic mass is 10.1. The van der Waals surface area contributed by atoms with Crippen molar-refractivity contribution in [3.8, 4) is 0 Å². The van der Waals surface area contributed by atoms with Crippen molar-refractivity contribution < 1.29 is 14.8 Å². The first-order valence-electron chi connectivity index (χ1n) is 8.91. The predicted molar refractivity (Wildman–Crippen MR) is 99.8 cm³/mol. The molecule has 1 N–H and O–H groups in total. The number of nitro groups is 1. The van der Waals surface area contributed by atoms with Crippen LogP contribution in [0.4, 0.5) is 11.4 Å². The first-order chi connectivity index (χ1) is 12.9. The maximum atomic E-state index is 12.6. The summed E-state index contributed by atoms with van der Waals surface area (Å²) in [4.78, 5) is 39.4. The molecule has 1 saturated carbocycles. The zero-order valence-corrected chi connectivity index (χ0v) is 14.9. The summed E-state index contributed by atoms with van der Waals surface area (Å²) in [5.74, 6) is -1.32. The average molecular weight is 372 g/mol. The third kappa shape index (κ3) is 3.03. The summed E-state index contributed by atoms with van der Waals surface area (Å²) in [7, 11) is 2.00. The fourth-order valence-electron chi connectivity index (χ4n) is 3.63. The number of pyridine rings is 1. The molecule has 0 spiro atoms. The predicted octanol–water partition coefficient (Wildman–Crippen LogP) is 1.69. The zero-order chi connectivity index (χ0) is 19.3. The molecule has 4 rings (SSSR count). The summed E-state index contributed by atoms with van der Waals surface area (Å²) < 4.78 is 1.80. The fraction of sp³-hybridized carbons (Fsp3) is 0.444. The minimum Gasteiger partial charge on any atom is -0.477 e. The molecule has 0 bridgehead atoms. The number of carboxylic acids is 1. The highest BCUT2D eigenvalue weighted by Crippen LogP contribution is 2.39. The topological polar surface area (TPSA) is 109 Å². The molecule has 1 saturated heterocycles. The summed E-state index contributed by atoms with van der Waals surface area (Å²) in [6.07, 6.45) is 3.18. The zero-order valence-electron chi connectivity index (χ0n) is 14.9. The monoisotopic (exact) mass is 372 g/mol. The van der Waals surface area contributed by atoms with Gasteiger partial charge < -0.3 is 19.5 Å². The Hall–Kier alpha value is -2.94. The third-order valence-corrected chi connectivity index (χ3v) is 5.34. The van der Waals surface area contributed by atoms with Gasteiger partial charge in [-0.3, -0.25) is 14.9 Å². The Bertz CT molecular complexity index is 1000. The Balaban J connectivity index is 1.96. The molecular formula is C18H20N4O5. The van der Waals surface area contributed by atoms with E-state index in [1.165, 1.54) is 12.3 Å². The average Bonchev–Trinajstić information content (AvgIpc) is 3.46. The van der Waals surface area contributed by atoms with Gasteiger partial charge in [-0.15, -0.1) is 0 Å². The van der Waals surface area contributed by atoms with Gasteiger partial charge in [0.25, 0.3) is 5.69 Å². The van der Waals surface area contributed by atoms with Crippen molar-refractivity contribution in [1.82, 2.24) is 9.47 Å². The van der Waals surface area contributed by atoms with Crippen LogP contribution in [0.15, 0.2) is 23.1 Å². The molecule has 27 heavy (non-hydrogen) atoms. The van der Waals surface area contributed by atoms with E-state index in [4.69, 9.17) is 0 Å². The van der Waals surface area contributed by atoms with Gasteiger partial charge in [0.1, 0.15) is 11.3 Å². The summed E-state index contributed by atoms with van der Waals surface area (Å²) in [6, 6.07) is 3.06. The Morgan fingerprint density at radius 3 is 2.44 bits per heavy atom. The van der Waals surface area contributed by atoms with E-state index in [0.717, 1.165) is 25.9 Å². The molecule has 2 fully saturated rings. The number of aromatic nitrogens is 1. The summed E-state index contributed by atoms with van der Waals surface area (Å²) in [5, 5.41) is 21.1. The number of likely N-dealkylation sites (N-methyl/N-ethyl adjacent to an activating group) is 1. The molecule has 0 amide bonds. The van der Waals surface area contributed by atoms with E-state index in [0.29, 0.717) is 24.3 Å². The van der Waals surface area contributed by atoms with Crippen molar-refractivity contribution in [2.45, 2.75) is 18.9 Å². The van der Waals surface area contributed by atoms with E-state index in [9.17, 15) is 24.8 Å². The number of benzene rings is 1. The van der Waals surface area contributed by atoms with Crippen LogP contribution in [-0.4, -0.2) is 58.7 Å².